The van der Waals surface area contributed by atoms with Gasteiger partial charge in [0.25, 0.3) is 0 Å². The molecule has 3 rings (SSSR count). The van der Waals surface area contributed by atoms with E-state index in [2.05, 4.69) is 67.7 Å². The molecule has 2 atom stereocenters. The molecule has 0 saturated carbocycles. The van der Waals surface area contributed by atoms with Crippen molar-refractivity contribution in [1.29, 1.82) is 0 Å². The van der Waals surface area contributed by atoms with Crippen LogP contribution in [0.1, 0.15) is 54.1 Å². The molecule has 2 aromatic rings. The first-order chi connectivity index (χ1) is 9.75. The zero-order chi connectivity index (χ0) is 13.9. The highest BCUT2D eigenvalue weighted by Crippen LogP contribution is 2.31. The largest absolute Gasteiger partial charge is 0.303 e. The Bertz CT molecular complexity index is 588. The third-order valence-electron chi connectivity index (χ3n) is 4.48. The molecule has 1 aliphatic rings. The first-order valence-corrected chi connectivity index (χ1v) is 7.65. The predicted octanol–water partition coefficient (Wildman–Crippen LogP) is 4.72. The molecule has 0 aliphatic heterocycles. The number of aryl methyl sites for hydroxylation is 2. The molecular weight excluding hydrogens is 242 g/mol. The Morgan fingerprint density at radius 2 is 1.80 bits per heavy atom. The fourth-order valence-electron chi connectivity index (χ4n) is 3.39. The van der Waals surface area contributed by atoms with Crippen LogP contribution in [0.25, 0.3) is 0 Å². The molecule has 1 N–H and O–H groups in total. The van der Waals surface area contributed by atoms with Crippen molar-refractivity contribution in [1.82, 2.24) is 5.32 Å². The molecule has 1 nitrogen and oxygen atoms in total. The second kappa shape index (κ2) is 5.80. The van der Waals surface area contributed by atoms with Gasteiger partial charge in [-0.1, -0.05) is 48.5 Å². The molecule has 20 heavy (non-hydrogen) atoms. The first-order valence-electron chi connectivity index (χ1n) is 7.65. The molecular formula is C19H23N. The quantitative estimate of drug-likeness (QED) is 0.846. The van der Waals surface area contributed by atoms with Crippen molar-refractivity contribution in [3.63, 3.8) is 0 Å². The average molecular weight is 265 g/mol. The second-order valence-corrected chi connectivity index (χ2v) is 5.89. The molecule has 0 bridgehead atoms. The monoisotopic (exact) mass is 265 g/mol. The molecule has 0 spiro atoms. The van der Waals surface area contributed by atoms with Crippen molar-refractivity contribution >= 4 is 0 Å². The number of benzene rings is 2. The van der Waals surface area contributed by atoms with E-state index >= 15 is 0 Å². The van der Waals surface area contributed by atoms with Crippen molar-refractivity contribution in [2.45, 2.75) is 45.2 Å². The van der Waals surface area contributed by atoms with Gasteiger partial charge in [0.1, 0.15) is 0 Å². The van der Waals surface area contributed by atoms with Gasteiger partial charge in [0, 0.05) is 12.1 Å². The zero-order valence-electron chi connectivity index (χ0n) is 12.4. The summed E-state index contributed by atoms with van der Waals surface area (Å²) in [5.41, 5.74) is 5.81. The van der Waals surface area contributed by atoms with Crippen molar-refractivity contribution in [3.05, 3.63) is 70.8 Å². The number of fused-ring (bicyclic) bond motifs is 1. The SMILES string of the molecule is Cc1ccccc1C(C)NC1CCCc2ccccc21. The zero-order valence-corrected chi connectivity index (χ0v) is 12.4. The smallest absolute Gasteiger partial charge is 0.0328 e. The number of hydrogen-bond donors (Lipinski definition) is 1. The molecule has 2 unspecified atom stereocenters. The van der Waals surface area contributed by atoms with Gasteiger partial charge in [0.2, 0.25) is 0 Å². The van der Waals surface area contributed by atoms with Crippen LogP contribution in [0, 0.1) is 6.92 Å². The van der Waals surface area contributed by atoms with E-state index in [-0.39, 0.29) is 0 Å². The van der Waals surface area contributed by atoms with E-state index in [4.69, 9.17) is 0 Å². The number of hydrogen-bond acceptors (Lipinski definition) is 1. The van der Waals surface area contributed by atoms with Gasteiger partial charge in [-0.25, -0.2) is 0 Å². The topological polar surface area (TPSA) is 12.0 Å². The second-order valence-electron chi connectivity index (χ2n) is 5.89. The maximum atomic E-state index is 3.83. The summed E-state index contributed by atoms with van der Waals surface area (Å²) in [6.45, 7) is 4.47. The Morgan fingerprint density at radius 3 is 2.65 bits per heavy atom. The van der Waals surface area contributed by atoms with E-state index in [0.29, 0.717) is 12.1 Å². The van der Waals surface area contributed by atoms with E-state index in [9.17, 15) is 0 Å². The summed E-state index contributed by atoms with van der Waals surface area (Å²) in [4.78, 5) is 0. The lowest BCUT2D eigenvalue weighted by molar-refractivity contribution is 0.414. The van der Waals surface area contributed by atoms with E-state index in [1.807, 2.05) is 0 Å². The van der Waals surface area contributed by atoms with Crippen LogP contribution in [0.4, 0.5) is 0 Å². The highest BCUT2D eigenvalue weighted by atomic mass is 14.9. The predicted molar refractivity (Wildman–Crippen MR) is 84.9 cm³/mol. The minimum absolute atomic E-state index is 0.396. The summed E-state index contributed by atoms with van der Waals surface area (Å²) in [6.07, 6.45) is 3.76. The third kappa shape index (κ3) is 2.64. The van der Waals surface area contributed by atoms with Gasteiger partial charge < -0.3 is 5.32 Å². The van der Waals surface area contributed by atoms with Crippen LogP contribution in [-0.2, 0) is 6.42 Å². The summed E-state index contributed by atoms with van der Waals surface area (Å²) in [5, 5.41) is 3.83. The van der Waals surface area contributed by atoms with Gasteiger partial charge in [0.15, 0.2) is 0 Å². The molecule has 0 amide bonds. The van der Waals surface area contributed by atoms with Crippen LogP contribution in [0.15, 0.2) is 48.5 Å². The van der Waals surface area contributed by atoms with Gasteiger partial charge in [0.05, 0.1) is 0 Å². The fourth-order valence-corrected chi connectivity index (χ4v) is 3.39. The molecule has 0 heterocycles. The van der Waals surface area contributed by atoms with Crippen LogP contribution >= 0.6 is 0 Å². The van der Waals surface area contributed by atoms with E-state index in [1.165, 1.54) is 41.5 Å². The van der Waals surface area contributed by atoms with E-state index in [1.54, 1.807) is 0 Å². The third-order valence-corrected chi connectivity index (χ3v) is 4.48. The Kier molecular flexibility index (Phi) is 3.88. The summed E-state index contributed by atoms with van der Waals surface area (Å²) in [6, 6.07) is 18.5. The van der Waals surface area contributed by atoms with E-state index < -0.39 is 0 Å². The molecule has 1 aliphatic carbocycles. The standard InChI is InChI=1S/C19H23N/c1-14-8-3-5-11-17(14)15(2)20-19-13-7-10-16-9-4-6-12-18(16)19/h3-6,8-9,11-12,15,19-20H,7,10,13H2,1-2H3. The van der Waals surface area contributed by atoms with Gasteiger partial charge in [-0.2, -0.15) is 0 Å². The maximum Gasteiger partial charge on any atom is 0.0328 e. The van der Waals surface area contributed by atoms with Crippen LogP contribution in [-0.4, -0.2) is 0 Å². The van der Waals surface area contributed by atoms with Crippen molar-refractivity contribution < 1.29 is 0 Å². The van der Waals surface area contributed by atoms with Gasteiger partial charge in [-0.3, -0.25) is 0 Å². The molecule has 2 aromatic carbocycles. The van der Waals surface area contributed by atoms with E-state index in [0.717, 1.165) is 0 Å². The lowest BCUT2D eigenvalue weighted by Crippen LogP contribution is -2.28. The summed E-state index contributed by atoms with van der Waals surface area (Å²) in [7, 11) is 0. The van der Waals surface area contributed by atoms with Crippen LogP contribution in [0.2, 0.25) is 0 Å². The Hall–Kier alpha value is -1.60. The molecule has 0 aromatic heterocycles. The lowest BCUT2D eigenvalue weighted by Gasteiger charge is -2.30. The molecule has 104 valence electrons. The summed E-state index contributed by atoms with van der Waals surface area (Å²) in [5.74, 6) is 0. The van der Waals surface area contributed by atoms with Crippen molar-refractivity contribution in [2.24, 2.45) is 0 Å². The average Bonchev–Trinajstić information content (AvgIpc) is 2.48. The Labute approximate surface area is 122 Å². The van der Waals surface area contributed by atoms with Crippen LogP contribution < -0.4 is 5.32 Å². The number of rotatable bonds is 3. The maximum absolute atomic E-state index is 3.83. The highest BCUT2D eigenvalue weighted by Gasteiger charge is 2.21. The lowest BCUT2D eigenvalue weighted by atomic mass is 9.87. The summed E-state index contributed by atoms with van der Waals surface area (Å²) < 4.78 is 0. The molecule has 1 heteroatoms. The van der Waals surface area contributed by atoms with Crippen LogP contribution in [0.3, 0.4) is 0 Å². The molecule has 0 saturated heterocycles. The van der Waals surface area contributed by atoms with Gasteiger partial charge >= 0.3 is 0 Å². The Morgan fingerprint density at radius 1 is 1.05 bits per heavy atom. The van der Waals surface area contributed by atoms with Gasteiger partial charge in [-0.15, -0.1) is 0 Å². The molecule has 0 radical (unpaired) electrons. The van der Waals surface area contributed by atoms with Crippen molar-refractivity contribution in [3.8, 4) is 0 Å². The first kappa shape index (κ1) is 13.4. The van der Waals surface area contributed by atoms with Crippen LogP contribution in [0.5, 0.6) is 0 Å². The molecule has 0 fully saturated rings. The minimum atomic E-state index is 0.396. The summed E-state index contributed by atoms with van der Waals surface area (Å²) >= 11 is 0. The number of nitrogens with one attached hydrogen (secondary N) is 1. The highest BCUT2D eigenvalue weighted by molar-refractivity contribution is 5.33. The van der Waals surface area contributed by atoms with Gasteiger partial charge in [-0.05, 0) is 55.4 Å². The normalized spacial score (nSPS) is 19.4. The Balaban J connectivity index is 1.81. The minimum Gasteiger partial charge on any atom is -0.303 e. The van der Waals surface area contributed by atoms with Crippen molar-refractivity contribution in [2.75, 3.05) is 0 Å². The fraction of sp³-hybridized carbons (Fsp3) is 0.368.